The quantitative estimate of drug-likeness (QED) is 0.552. The van der Waals surface area contributed by atoms with Gasteiger partial charge in [-0.1, -0.05) is 32.9 Å². The van der Waals surface area contributed by atoms with Gasteiger partial charge >= 0.3 is 12.0 Å². The van der Waals surface area contributed by atoms with Gasteiger partial charge in [0.05, 0.1) is 6.54 Å². The Hall–Kier alpha value is -2.28. The van der Waals surface area contributed by atoms with E-state index in [-0.39, 0.29) is 11.4 Å². The number of carbonyl (C=O) groups excluding carboxylic acids is 1. The Morgan fingerprint density at radius 3 is 2.31 bits per heavy atom. The Morgan fingerprint density at radius 1 is 1.14 bits per heavy atom. The summed E-state index contributed by atoms with van der Waals surface area (Å²) in [6.45, 7) is 12.6. The van der Waals surface area contributed by atoms with Crippen molar-refractivity contribution in [1.82, 2.24) is 10.2 Å². The molecule has 7 nitrogen and oxygen atoms in total. The average molecular weight is 409 g/mol. The fraction of sp³-hybridized carbons (Fsp3) is 0.636. The van der Waals surface area contributed by atoms with Crippen LogP contribution in [0.5, 0.6) is 5.75 Å². The summed E-state index contributed by atoms with van der Waals surface area (Å²) >= 11 is 0. The molecule has 2 amide bonds. The Balaban J connectivity index is 2.57. The predicted molar refractivity (Wildman–Crippen MR) is 113 cm³/mol. The van der Waals surface area contributed by atoms with Gasteiger partial charge in [0, 0.05) is 26.1 Å². The molecular formula is C22H36N2O5. The van der Waals surface area contributed by atoms with Gasteiger partial charge in [-0.25, -0.2) is 9.59 Å². The van der Waals surface area contributed by atoms with Gasteiger partial charge in [-0.15, -0.1) is 0 Å². The molecule has 1 rings (SSSR count). The summed E-state index contributed by atoms with van der Waals surface area (Å²) in [4.78, 5) is 25.2. The fourth-order valence-electron chi connectivity index (χ4n) is 2.68. The molecule has 1 unspecified atom stereocenters. The minimum absolute atomic E-state index is 0.0775. The first-order chi connectivity index (χ1) is 13.7. The van der Waals surface area contributed by atoms with Gasteiger partial charge in [-0.05, 0) is 43.4 Å². The zero-order valence-corrected chi connectivity index (χ0v) is 18.4. The highest BCUT2D eigenvalue weighted by atomic mass is 16.5. The van der Waals surface area contributed by atoms with Gasteiger partial charge in [0.2, 0.25) is 0 Å². The van der Waals surface area contributed by atoms with Gasteiger partial charge in [-0.3, -0.25) is 0 Å². The third-order valence-corrected chi connectivity index (χ3v) is 4.36. The highest BCUT2D eigenvalue weighted by molar-refractivity contribution is 5.74. The first-order valence-electron chi connectivity index (χ1n) is 10.2. The zero-order chi connectivity index (χ0) is 21.9. The average Bonchev–Trinajstić information content (AvgIpc) is 2.64. The van der Waals surface area contributed by atoms with E-state index in [4.69, 9.17) is 9.47 Å². The van der Waals surface area contributed by atoms with Crippen LogP contribution in [0.2, 0.25) is 0 Å². The smallest absolute Gasteiger partial charge is 0.333 e. The van der Waals surface area contributed by atoms with Crippen LogP contribution in [-0.4, -0.2) is 61.0 Å². The molecular weight excluding hydrogens is 372 g/mol. The van der Waals surface area contributed by atoms with E-state index in [1.807, 2.05) is 31.2 Å². The van der Waals surface area contributed by atoms with Gasteiger partial charge < -0.3 is 24.8 Å². The number of hydrogen-bond acceptors (Lipinski definition) is 4. The van der Waals surface area contributed by atoms with Crippen LogP contribution in [0, 0.1) is 5.41 Å². The van der Waals surface area contributed by atoms with Crippen molar-refractivity contribution < 1.29 is 24.2 Å². The van der Waals surface area contributed by atoms with Crippen molar-refractivity contribution in [3.8, 4) is 5.75 Å². The molecule has 0 spiro atoms. The number of nitrogens with zero attached hydrogens (tertiary/aromatic N) is 1. The van der Waals surface area contributed by atoms with Crippen LogP contribution in [0.3, 0.4) is 0 Å². The molecule has 0 saturated heterocycles. The topological polar surface area (TPSA) is 88.1 Å². The molecule has 164 valence electrons. The molecule has 0 saturated carbocycles. The van der Waals surface area contributed by atoms with Gasteiger partial charge in [0.25, 0.3) is 0 Å². The first kappa shape index (κ1) is 24.8. The maximum atomic E-state index is 12.3. The predicted octanol–water partition coefficient (Wildman–Crippen LogP) is 3.57. The Bertz CT molecular complexity index is 625. The lowest BCUT2D eigenvalue weighted by Gasteiger charge is -2.27. The van der Waals surface area contributed by atoms with Crippen molar-refractivity contribution in [3.63, 3.8) is 0 Å². The highest BCUT2D eigenvalue weighted by Gasteiger charge is 2.19. The Labute approximate surface area is 174 Å². The Kier molecular flexibility index (Phi) is 10.5. The van der Waals surface area contributed by atoms with Crippen LogP contribution in [0.15, 0.2) is 24.3 Å². The van der Waals surface area contributed by atoms with Crippen molar-refractivity contribution in [3.05, 3.63) is 29.8 Å². The molecule has 2 N–H and O–H groups in total. The summed E-state index contributed by atoms with van der Waals surface area (Å²) in [5.41, 5.74) is 1.02. The molecule has 1 aromatic rings. The normalized spacial score (nSPS) is 12.3. The van der Waals surface area contributed by atoms with E-state index in [0.29, 0.717) is 45.0 Å². The van der Waals surface area contributed by atoms with Crippen LogP contribution < -0.4 is 10.1 Å². The summed E-state index contributed by atoms with van der Waals surface area (Å²) in [7, 11) is 0. The molecule has 0 fully saturated rings. The molecule has 0 aliphatic rings. The van der Waals surface area contributed by atoms with E-state index >= 15 is 0 Å². The monoisotopic (exact) mass is 408 g/mol. The van der Waals surface area contributed by atoms with Crippen molar-refractivity contribution >= 4 is 12.0 Å². The standard InChI is InChI=1S/C22H36N2O5/c1-6-23-21(27)24(13-12-22(3,4)5)14-15-29-18-10-8-17(9-11-18)16-19(20(25)26)28-7-2/h8-11,19H,6-7,12-16H2,1-5H3,(H,23,27)(H,25,26). The molecule has 0 bridgehead atoms. The van der Waals surface area contributed by atoms with E-state index in [2.05, 4.69) is 26.1 Å². The number of amides is 2. The number of carbonyl (C=O) groups is 2. The minimum atomic E-state index is -0.965. The molecule has 7 heteroatoms. The summed E-state index contributed by atoms with van der Waals surface area (Å²) in [5, 5.41) is 12.0. The second-order valence-corrected chi connectivity index (χ2v) is 8.11. The van der Waals surface area contributed by atoms with Crippen molar-refractivity contribution in [2.45, 2.75) is 53.6 Å². The van der Waals surface area contributed by atoms with E-state index in [9.17, 15) is 14.7 Å². The second kappa shape index (κ2) is 12.3. The molecule has 1 atom stereocenters. The van der Waals surface area contributed by atoms with Crippen LogP contribution in [-0.2, 0) is 16.0 Å². The molecule has 1 aromatic carbocycles. The van der Waals surface area contributed by atoms with Gasteiger partial charge in [0.15, 0.2) is 6.10 Å². The van der Waals surface area contributed by atoms with E-state index in [1.54, 1.807) is 11.8 Å². The van der Waals surface area contributed by atoms with Gasteiger partial charge in [0.1, 0.15) is 12.4 Å². The number of nitrogens with one attached hydrogen (secondary N) is 1. The van der Waals surface area contributed by atoms with Crippen LogP contribution in [0.1, 0.15) is 46.6 Å². The number of aliphatic carboxylic acids is 1. The first-order valence-corrected chi connectivity index (χ1v) is 10.2. The third-order valence-electron chi connectivity index (χ3n) is 4.36. The lowest BCUT2D eigenvalue weighted by molar-refractivity contribution is -0.149. The van der Waals surface area contributed by atoms with E-state index in [0.717, 1.165) is 12.0 Å². The third kappa shape index (κ3) is 10.2. The molecule has 0 heterocycles. The summed E-state index contributed by atoms with van der Waals surface area (Å²) in [6.07, 6.45) is 0.366. The number of ether oxygens (including phenoxy) is 2. The molecule has 0 radical (unpaired) electrons. The Morgan fingerprint density at radius 2 is 1.79 bits per heavy atom. The number of rotatable bonds is 12. The molecule has 0 aliphatic heterocycles. The molecule has 29 heavy (non-hydrogen) atoms. The van der Waals surface area contributed by atoms with Crippen molar-refractivity contribution in [1.29, 1.82) is 0 Å². The lowest BCUT2D eigenvalue weighted by atomic mass is 9.92. The second-order valence-electron chi connectivity index (χ2n) is 8.11. The largest absolute Gasteiger partial charge is 0.492 e. The number of carboxylic acid groups (broad SMARTS) is 1. The lowest BCUT2D eigenvalue weighted by Crippen LogP contribution is -2.43. The maximum absolute atomic E-state index is 12.3. The SMILES string of the molecule is CCNC(=O)N(CCOc1ccc(CC(OCC)C(=O)O)cc1)CCC(C)(C)C. The molecule has 0 aromatic heterocycles. The van der Waals surface area contributed by atoms with Crippen molar-refractivity contribution in [2.75, 3.05) is 32.8 Å². The minimum Gasteiger partial charge on any atom is -0.492 e. The number of carboxylic acids is 1. The van der Waals surface area contributed by atoms with E-state index in [1.165, 1.54) is 0 Å². The maximum Gasteiger partial charge on any atom is 0.333 e. The number of hydrogen-bond donors (Lipinski definition) is 2. The number of benzene rings is 1. The van der Waals surface area contributed by atoms with Crippen LogP contribution in [0.25, 0.3) is 0 Å². The number of urea groups is 1. The zero-order valence-electron chi connectivity index (χ0n) is 18.4. The fourth-order valence-corrected chi connectivity index (χ4v) is 2.68. The van der Waals surface area contributed by atoms with Crippen LogP contribution >= 0.6 is 0 Å². The summed E-state index contributed by atoms with van der Waals surface area (Å²) in [6, 6.07) is 7.22. The van der Waals surface area contributed by atoms with Crippen molar-refractivity contribution in [2.24, 2.45) is 5.41 Å². The van der Waals surface area contributed by atoms with E-state index < -0.39 is 12.1 Å². The summed E-state index contributed by atoms with van der Waals surface area (Å²) in [5.74, 6) is -0.281. The van der Waals surface area contributed by atoms with Gasteiger partial charge in [-0.2, -0.15) is 0 Å². The molecule has 0 aliphatic carbocycles. The summed E-state index contributed by atoms with van der Waals surface area (Å²) < 4.78 is 11.0. The highest BCUT2D eigenvalue weighted by Crippen LogP contribution is 2.19. The van der Waals surface area contributed by atoms with Crippen LogP contribution in [0.4, 0.5) is 4.79 Å².